The zero-order valence-electron chi connectivity index (χ0n) is 13.8. The van der Waals surface area contributed by atoms with Crippen LogP contribution < -0.4 is 10.6 Å². The Bertz CT molecular complexity index is 389. The van der Waals surface area contributed by atoms with Crippen molar-refractivity contribution in [2.45, 2.75) is 65.0 Å². The van der Waals surface area contributed by atoms with Gasteiger partial charge < -0.3 is 15.4 Å². The van der Waals surface area contributed by atoms with Crippen LogP contribution in [0.1, 0.15) is 52.9 Å². The van der Waals surface area contributed by atoms with Gasteiger partial charge >= 0.3 is 0 Å². The van der Waals surface area contributed by atoms with Crippen molar-refractivity contribution in [3.05, 3.63) is 0 Å². The van der Waals surface area contributed by atoms with Gasteiger partial charge in [-0.3, -0.25) is 4.99 Å². The van der Waals surface area contributed by atoms with Gasteiger partial charge in [0.05, 0.1) is 6.10 Å². The predicted molar refractivity (Wildman–Crippen MR) is 86.5 cm³/mol. The maximum Gasteiger partial charge on any atom is 0.191 e. The predicted octanol–water partition coefficient (Wildman–Crippen LogP) is 2.55. The average Bonchev–Trinajstić information content (AvgIpc) is 2.43. The molecule has 4 nitrogen and oxygen atoms in total. The number of rotatable bonds is 4. The molecular weight excluding hydrogens is 262 g/mol. The van der Waals surface area contributed by atoms with Gasteiger partial charge in [0.25, 0.3) is 0 Å². The van der Waals surface area contributed by atoms with Crippen LogP contribution in [0.25, 0.3) is 0 Å². The zero-order valence-corrected chi connectivity index (χ0v) is 13.8. The Hall–Kier alpha value is -0.770. The quantitative estimate of drug-likeness (QED) is 0.618. The summed E-state index contributed by atoms with van der Waals surface area (Å²) in [7, 11) is 0. The Kier molecular flexibility index (Phi) is 4.43. The summed E-state index contributed by atoms with van der Waals surface area (Å²) in [5.41, 5.74) is 0.206. The highest BCUT2D eigenvalue weighted by atomic mass is 16.5. The number of fused-ring (bicyclic) bond motifs is 1. The summed E-state index contributed by atoms with van der Waals surface area (Å²) in [5, 5.41) is 7.12. The number of nitrogens with one attached hydrogen (secondary N) is 2. The van der Waals surface area contributed by atoms with Gasteiger partial charge in [0.1, 0.15) is 0 Å². The summed E-state index contributed by atoms with van der Waals surface area (Å²) in [6.07, 6.45) is 7.02. The molecule has 0 amide bonds. The van der Waals surface area contributed by atoms with Crippen LogP contribution in [-0.4, -0.2) is 37.8 Å². The van der Waals surface area contributed by atoms with Crippen molar-refractivity contribution in [3.8, 4) is 0 Å². The van der Waals surface area contributed by atoms with Crippen LogP contribution in [0.3, 0.4) is 0 Å². The number of hydrogen-bond donors (Lipinski definition) is 2. The standard InChI is InChI=1S/C17H31N3O/c1-4-18-16(19-11-12-7-5-8-12)20-14-13-9-6-10-21-15(13)17(14,2)3/h12-15H,4-11H2,1-3H3,(H2,18,19,20). The highest BCUT2D eigenvalue weighted by molar-refractivity contribution is 5.80. The Morgan fingerprint density at radius 1 is 1.24 bits per heavy atom. The molecule has 3 unspecified atom stereocenters. The molecule has 120 valence electrons. The van der Waals surface area contributed by atoms with E-state index in [0.29, 0.717) is 18.1 Å². The maximum atomic E-state index is 5.99. The Labute approximate surface area is 129 Å². The van der Waals surface area contributed by atoms with E-state index in [1.807, 2.05) is 0 Å². The smallest absolute Gasteiger partial charge is 0.191 e. The van der Waals surface area contributed by atoms with E-state index in [9.17, 15) is 0 Å². The van der Waals surface area contributed by atoms with E-state index < -0.39 is 0 Å². The molecule has 1 aliphatic heterocycles. The normalized spacial score (nSPS) is 35.4. The van der Waals surface area contributed by atoms with Crippen LogP contribution in [0, 0.1) is 17.3 Å². The van der Waals surface area contributed by atoms with Crippen molar-refractivity contribution >= 4 is 5.96 Å². The lowest BCUT2D eigenvalue weighted by Crippen LogP contribution is -2.71. The third-order valence-corrected chi connectivity index (χ3v) is 5.70. The second kappa shape index (κ2) is 6.15. The topological polar surface area (TPSA) is 45.7 Å². The minimum atomic E-state index is 0.206. The van der Waals surface area contributed by atoms with E-state index in [1.54, 1.807) is 0 Å². The van der Waals surface area contributed by atoms with Crippen LogP contribution in [0.4, 0.5) is 0 Å². The molecule has 2 aliphatic carbocycles. The summed E-state index contributed by atoms with van der Waals surface area (Å²) >= 11 is 0. The van der Waals surface area contributed by atoms with Crippen molar-refractivity contribution in [3.63, 3.8) is 0 Å². The molecule has 0 radical (unpaired) electrons. The number of guanidine groups is 1. The van der Waals surface area contributed by atoms with Gasteiger partial charge in [-0.1, -0.05) is 20.3 Å². The molecule has 0 spiro atoms. The number of nitrogens with zero attached hydrogens (tertiary/aromatic N) is 1. The van der Waals surface area contributed by atoms with E-state index >= 15 is 0 Å². The van der Waals surface area contributed by atoms with E-state index in [0.717, 1.165) is 31.6 Å². The first-order chi connectivity index (χ1) is 10.1. The highest BCUT2D eigenvalue weighted by Crippen LogP contribution is 2.51. The van der Waals surface area contributed by atoms with E-state index in [-0.39, 0.29) is 5.41 Å². The Morgan fingerprint density at radius 3 is 2.71 bits per heavy atom. The van der Waals surface area contributed by atoms with Gasteiger partial charge in [-0.15, -0.1) is 0 Å². The number of ether oxygens (including phenoxy) is 1. The molecule has 2 N–H and O–H groups in total. The van der Waals surface area contributed by atoms with Gasteiger partial charge in [0, 0.05) is 37.1 Å². The van der Waals surface area contributed by atoms with Crippen molar-refractivity contribution in [2.24, 2.45) is 22.2 Å². The second-order valence-corrected chi connectivity index (χ2v) is 7.56. The van der Waals surface area contributed by atoms with Crippen LogP contribution in [0.15, 0.2) is 4.99 Å². The SMILES string of the molecule is CCNC(=NCC1CCC1)NC1C2CCCOC2C1(C)C. The molecule has 0 bridgehead atoms. The molecule has 0 aromatic rings. The lowest BCUT2D eigenvalue weighted by atomic mass is 9.55. The van der Waals surface area contributed by atoms with Crippen molar-refractivity contribution < 1.29 is 4.74 Å². The molecule has 0 aromatic heterocycles. The Balaban J connectivity index is 1.61. The number of hydrogen-bond acceptors (Lipinski definition) is 2. The summed E-state index contributed by atoms with van der Waals surface area (Å²) < 4.78 is 5.99. The fraction of sp³-hybridized carbons (Fsp3) is 0.941. The van der Waals surface area contributed by atoms with E-state index in [1.165, 1.54) is 32.1 Å². The van der Waals surface area contributed by atoms with Gasteiger partial charge in [0.15, 0.2) is 5.96 Å². The molecule has 3 rings (SSSR count). The summed E-state index contributed by atoms with van der Waals surface area (Å²) in [6.45, 7) is 9.63. The van der Waals surface area contributed by atoms with E-state index in [2.05, 4.69) is 31.4 Å². The summed E-state index contributed by atoms with van der Waals surface area (Å²) in [6, 6.07) is 0.488. The second-order valence-electron chi connectivity index (χ2n) is 7.56. The molecular formula is C17H31N3O. The van der Waals surface area contributed by atoms with Crippen LogP contribution in [0.2, 0.25) is 0 Å². The minimum Gasteiger partial charge on any atom is -0.377 e. The molecule has 1 heterocycles. The first-order valence-corrected chi connectivity index (χ1v) is 8.79. The summed E-state index contributed by atoms with van der Waals surface area (Å²) in [5.74, 6) is 2.48. The van der Waals surface area contributed by atoms with Crippen LogP contribution >= 0.6 is 0 Å². The third kappa shape index (κ3) is 2.92. The monoisotopic (exact) mass is 293 g/mol. The fourth-order valence-corrected chi connectivity index (χ4v) is 4.18. The average molecular weight is 293 g/mol. The third-order valence-electron chi connectivity index (χ3n) is 5.70. The molecule has 3 atom stereocenters. The first kappa shape index (κ1) is 15.1. The first-order valence-electron chi connectivity index (χ1n) is 8.79. The lowest BCUT2D eigenvalue weighted by molar-refractivity contribution is -0.188. The Morgan fingerprint density at radius 2 is 2.05 bits per heavy atom. The fourth-order valence-electron chi connectivity index (χ4n) is 4.18. The minimum absolute atomic E-state index is 0.206. The van der Waals surface area contributed by atoms with Gasteiger partial charge in [-0.2, -0.15) is 0 Å². The largest absolute Gasteiger partial charge is 0.377 e. The van der Waals surface area contributed by atoms with Gasteiger partial charge in [0.2, 0.25) is 0 Å². The van der Waals surface area contributed by atoms with Crippen molar-refractivity contribution in [2.75, 3.05) is 19.7 Å². The number of aliphatic imine (C=N–C) groups is 1. The van der Waals surface area contributed by atoms with Gasteiger partial charge in [-0.05, 0) is 38.5 Å². The van der Waals surface area contributed by atoms with Crippen molar-refractivity contribution in [1.29, 1.82) is 0 Å². The maximum absolute atomic E-state index is 5.99. The summed E-state index contributed by atoms with van der Waals surface area (Å²) in [4.78, 5) is 4.81. The molecule has 3 fully saturated rings. The lowest BCUT2D eigenvalue weighted by Gasteiger charge is -2.60. The van der Waals surface area contributed by atoms with Gasteiger partial charge in [-0.25, -0.2) is 0 Å². The van der Waals surface area contributed by atoms with E-state index in [4.69, 9.17) is 9.73 Å². The zero-order chi connectivity index (χ0) is 14.9. The molecule has 4 heteroatoms. The van der Waals surface area contributed by atoms with Crippen LogP contribution in [-0.2, 0) is 4.74 Å². The molecule has 0 aromatic carbocycles. The molecule has 1 saturated heterocycles. The van der Waals surface area contributed by atoms with Crippen molar-refractivity contribution in [1.82, 2.24) is 10.6 Å². The molecule has 3 aliphatic rings. The highest BCUT2D eigenvalue weighted by Gasteiger charge is 2.58. The van der Waals surface area contributed by atoms with Crippen LogP contribution in [0.5, 0.6) is 0 Å². The molecule has 2 saturated carbocycles. The molecule has 21 heavy (non-hydrogen) atoms.